The fraction of sp³-hybridized carbons (Fsp3) is 0.500. The third kappa shape index (κ3) is 3.35. The normalized spacial score (nSPS) is 16.9. The molecule has 0 radical (unpaired) electrons. The molecule has 1 aliphatic rings. The van der Waals surface area contributed by atoms with Crippen LogP contribution in [0.3, 0.4) is 0 Å². The van der Waals surface area contributed by atoms with Gasteiger partial charge in [-0.15, -0.1) is 0 Å². The second-order valence-electron chi connectivity index (χ2n) is 4.33. The Labute approximate surface area is 121 Å². The second-order valence-corrected chi connectivity index (χ2v) is 6.38. The molecule has 1 N–H and O–H groups in total. The first-order valence-corrected chi connectivity index (χ1v) is 7.81. The lowest BCUT2D eigenvalue weighted by molar-refractivity contribution is -0.384. The minimum absolute atomic E-state index is 0.0213. The number of nitro groups is 1. The highest BCUT2D eigenvalue weighted by molar-refractivity contribution is 7.90. The first-order valence-electron chi connectivity index (χ1n) is 5.99. The van der Waals surface area contributed by atoms with Crippen molar-refractivity contribution in [2.45, 2.75) is 19.3 Å². The Morgan fingerprint density at radius 3 is 2.55 bits per heavy atom. The summed E-state index contributed by atoms with van der Waals surface area (Å²) in [4.78, 5) is 13.8. The van der Waals surface area contributed by atoms with E-state index in [1.165, 1.54) is 10.4 Å². The second kappa shape index (κ2) is 5.90. The van der Waals surface area contributed by atoms with E-state index in [9.17, 15) is 18.5 Å². The molecule has 1 fully saturated rings. The molecule has 0 aromatic carbocycles. The minimum Gasteiger partial charge on any atom is -0.258 e. The molecule has 10 heteroatoms. The molecule has 2 heterocycles. The molecule has 1 aliphatic heterocycles. The number of pyridine rings is 1. The van der Waals surface area contributed by atoms with Crippen molar-refractivity contribution in [2.24, 2.45) is 0 Å². The average Bonchev–Trinajstić information content (AvgIpc) is 2.39. The molecule has 0 saturated carbocycles. The quantitative estimate of drug-likeness (QED) is 0.517. The molecule has 0 aliphatic carbocycles. The van der Waals surface area contributed by atoms with E-state index in [0.29, 0.717) is 13.1 Å². The Balaban J connectivity index is 2.28. The lowest BCUT2D eigenvalue weighted by Gasteiger charge is -2.25. The van der Waals surface area contributed by atoms with E-state index in [0.717, 1.165) is 25.3 Å². The molecule has 0 bridgehead atoms. The van der Waals surface area contributed by atoms with Gasteiger partial charge in [0.05, 0.1) is 4.92 Å². The van der Waals surface area contributed by atoms with Crippen LogP contribution in [-0.2, 0) is 10.2 Å². The van der Waals surface area contributed by atoms with Crippen LogP contribution in [0.2, 0.25) is 5.15 Å². The molecule has 0 amide bonds. The van der Waals surface area contributed by atoms with Crippen LogP contribution in [0.4, 0.5) is 11.5 Å². The topological polar surface area (TPSA) is 105 Å². The molecule has 0 spiro atoms. The number of hydrogen-bond donors (Lipinski definition) is 1. The van der Waals surface area contributed by atoms with Crippen molar-refractivity contribution in [2.75, 3.05) is 17.8 Å². The van der Waals surface area contributed by atoms with Crippen molar-refractivity contribution in [3.63, 3.8) is 0 Å². The Kier molecular flexibility index (Phi) is 4.41. The largest absolute Gasteiger partial charge is 0.312 e. The van der Waals surface area contributed by atoms with Crippen molar-refractivity contribution < 1.29 is 13.3 Å². The van der Waals surface area contributed by atoms with Crippen LogP contribution in [-0.4, -0.2) is 35.7 Å². The van der Waals surface area contributed by atoms with Crippen molar-refractivity contribution in [1.29, 1.82) is 0 Å². The zero-order valence-electron chi connectivity index (χ0n) is 10.5. The van der Waals surface area contributed by atoms with Crippen LogP contribution in [0.1, 0.15) is 19.3 Å². The zero-order chi connectivity index (χ0) is 14.8. The highest BCUT2D eigenvalue weighted by Gasteiger charge is 2.27. The van der Waals surface area contributed by atoms with E-state index in [2.05, 4.69) is 9.71 Å². The maximum Gasteiger partial charge on any atom is 0.312 e. The number of piperidine rings is 1. The molecule has 110 valence electrons. The van der Waals surface area contributed by atoms with Crippen molar-refractivity contribution in [3.8, 4) is 0 Å². The summed E-state index contributed by atoms with van der Waals surface area (Å²) in [6, 6.07) is 2.35. The number of halogens is 1. The highest BCUT2D eigenvalue weighted by atomic mass is 35.5. The predicted molar refractivity (Wildman–Crippen MR) is 73.9 cm³/mol. The smallest absolute Gasteiger partial charge is 0.258 e. The molecule has 1 aromatic rings. The maximum absolute atomic E-state index is 12.2. The van der Waals surface area contributed by atoms with E-state index in [4.69, 9.17) is 11.6 Å². The van der Waals surface area contributed by atoms with Gasteiger partial charge >= 0.3 is 15.9 Å². The average molecular weight is 321 g/mol. The minimum atomic E-state index is -3.85. The molecule has 2 rings (SSSR count). The lowest BCUT2D eigenvalue weighted by atomic mass is 10.2. The monoisotopic (exact) mass is 320 g/mol. The SMILES string of the molecule is O=[N+]([O-])c1ccc(Cl)nc1NS(=O)(=O)N1CCCCC1. The highest BCUT2D eigenvalue weighted by Crippen LogP contribution is 2.26. The third-order valence-corrected chi connectivity index (χ3v) is 4.62. The molecule has 1 aromatic heterocycles. The number of aromatic nitrogens is 1. The summed E-state index contributed by atoms with van der Waals surface area (Å²) in [5.41, 5.74) is -0.435. The Morgan fingerprint density at radius 1 is 1.30 bits per heavy atom. The van der Waals surface area contributed by atoms with Gasteiger partial charge < -0.3 is 0 Å². The van der Waals surface area contributed by atoms with Crippen LogP contribution >= 0.6 is 11.6 Å². The van der Waals surface area contributed by atoms with Gasteiger partial charge in [-0.25, -0.2) is 9.71 Å². The summed E-state index contributed by atoms with van der Waals surface area (Å²) < 4.78 is 27.7. The third-order valence-electron chi connectivity index (χ3n) is 2.92. The number of hydrogen-bond acceptors (Lipinski definition) is 5. The van der Waals surface area contributed by atoms with Gasteiger partial charge in [0.1, 0.15) is 5.15 Å². The van der Waals surface area contributed by atoms with Crippen LogP contribution in [0.25, 0.3) is 0 Å². The van der Waals surface area contributed by atoms with E-state index in [1.807, 2.05) is 0 Å². The van der Waals surface area contributed by atoms with Crippen LogP contribution in [0.5, 0.6) is 0 Å². The van der Waals surface area contributed by atoms with Crippen LogP contribution in [0, 0.1) is 10.1 Å². The van der Waals surface area contributed by atoms with Crippen molar-refractivity contribution in [1.82, 2.24) is 9.29 Å². The molecule has 0 atom stereocenters. The molecule has 8 nitrogen and oxygen atoms in total. The summed E-state index contributed by atoms with van der Waals surface area (Å²) in [6.07, 6.45) is 2.51. The summed E-state index contributed by atoms with van der Waals surface area (Å²) >= 11 is 5.65. The molecular formula is C10H13ClN4O4S. The van der Waals surface area contributed by atoms with Crippen LogP contribution < -0.4 is 4.72 Å². The molecule has 0 unspecified atom stereocenters. The molecular weight excluding hydrogens is 308 g/mol. The van der Waals surface area contributed by atoms with E-state index >= 15 is 0 Å². The maximum atomic E-state index is 12.2. The van der Waals surface area contributed by atoms with Gasteiger partial charge in [0.15, 0.2) is 0 Å². The summed E-state index contributed by atoms with van der Waals surface area (Å²) in [7, 11) is -3.85. The van der Waals surface area contributed by atoms with Gasteiger partial charge in [-0.1, -0.05) is 18.0 Å². The van der Waals surface area contributed by atoms with Gasteiger partial charge in [0.2, 0.25) is 5.82 Å². The first kappa shape index (κ1) is 14.9. The van der Waals surface area contributed by atoms with Gasteiger partial charge in [-0.05, 0) is 18.9 Å². The lowest BCUT2D eigenvalue weighted by Crippen LogP contribution is -2.39. The summed E-state index contributed by atoms with van der Waals surface area (Å²) in [5, 5.41) is 10.8. The van der Waals surface area contributed by atoms with E-state index < -0.39 is 20.8 Å². The zero-order valence-corrected chi connectivity index (χ0v) is 12.0. The molecule has 20 heavy (non-hydrogen) atoms. The van der Waals surface area contributed by atoms with Crippen LogP contribution in [0.15, 0.2) is 12.1 Å². The summed E-state index contributed by atoms with van der Waals surface area (Å²) in [6.45, 7) is 0.785. The van der Waals surface area contributed by atoms with Gasteiger partial charge in [-0.3, -0.25) is 10.1 Å². The number of rotatable bonds is 4. The van der Waals surface area contributed by atoms with Gasteiger partial charge in [-0.2, -0.15) is 12.7 Å². The number of nitrogens with zero attached hydrogens (tertiary/aromatic N) is 3. The standard InChI is InChI=1S/C10H13ClN4O4S/c11-9-5-4-8(15(16)17)10(12-9)13-20(18,19)14-6-2-1-3-7-14/h4-5H,1-3,6-7H2,(H,12,13). The first-order chi connectivity index (χ1) is 9.40. The Hall–Kier alpha value is -1.45. The number of nitrogens with one attached hydrogen (secondary N) is 1. The van der Waals surface area contributed by atoms with Gasteiger partial charge in [0, 0.05) is 19.2 Å². The van der Waals surface area contributed by atoms with Crippen molar-refractivity contribution in [3.05, 3.63) is 27.4 Å². The predicted octanol–water partition coefficient (Wildman–Crippen LogP) is 1.79. The number of anilines is 1. The van der Waals surface area contributed by atoms with Gasteiger partial charge in [0.25, 0.3) is 0 Å². The van der Waals surface area contributed by atoms with Crippen molar-refractivity contribution >= 4 is 33.3 Å². The van der Waals surface area contributed by atoms with E-state index in [-0.39, 0.29) is 11.0 Å². The Morgan fingerprint density at radius 2 is 1.95 bits per heavy atom. The molecule has 1 saturated heterocycles. The van der Waals surface area contributed by atoms with E-state index in [1.54, 1.807) is 0 Å². The Bertz CT molecular complexity index is 616. The summed E-state index contributed by atoms with van der Waals surface area (Å²) in [5.74, 6) is -0.368. The fourth-order valence-electron chi connectivity index (χ4n) is 1.94. The fourth-order valence-corrected chi connectivity index (χ4v) is 3.35.